The van der Waals surface area contributed by atoms with E-state index in [9.17, 15) is 4.79 Å². The van der Waals surface area contributed by atoms with Crippen LogP contribution in [0, 0.1) is 11.3 Å². The lowest BCUT2D eigenvalue weighted by atomic mass is 9.57. The van der Waals surface area contributed by atoms with Gasteiger partial charge in [0.2, 0.25) is 5.91 Å². The Morgan fingerprint density at radius 2 is 1.83 bits per heavy atom. The van der Waals surface area contributed by atoms with Crippen LogP contribution in [0.15, 0.2) is 4.99 Å². The van der Waals surface area contributed by atoms with E-state index in [0.717, 1.165) is 77.6 Å². The summed E-state index contributed by atoms with van der Waals surface area (Å²) in [5.41, 5.74) is 0.147. The molecule has 4 unspecified atom stereocenters. The fraction of sp³-hybridized carbons (Fsp3) is 0.909. The zero-order valence-corrected chi connectivity index (χ0v) is 18.7. The van der Waals surface area contributed by atoms with Crippen molar-refractivity contribution in [1.29, 1.82) is 0 Å². The molecule has 0 aromatic heterocycles. The average molecular weight is 406 g/mol. The lowest BCUT2D eigenvalue weighted by Gasteiger charge is -2.55. The molecule has 4 rings (SSSR count). The molecular weight excluding hydrogens is 366 g/mol. The summed E-state index contributed by atoms with van der Waals surface area (Å²) >= 11 is 0. The molecule has 3 aliphatic heterocycles. The van der Waals surface area contributed by atoms with E-state index in [1.165, 1.54) is 0 Å². The van der Waals surface area contributed by atoms with Gasteiger partial charge in [-0.3, -0.25) is 14.7 Å². The van der Waals surface area contributed by atoms with Crippen molar-refractivity contribution in [3.05, 3.63) is 0 Å². The molecule has 7 nitrogen and oxygen atoms in total. The van der Waals surface area contributed by atoms with Crippen molar-refractivity contribution in [3.63, 3.8) is 0 Å². The van der Waals surface area contributed by atoms with Crippen molar-refractivity contribution >= 4 is 11.9 Å². The first-order valence-electron chi connectivity index (χ1n) is 11.6. The summed E-state index contributed by atoms with van der Waals surface area (Å²) in [6, 6.07) is 0.408. The van der Waals surface area contributed by atoms with Crippen molar-refractivity contribution in [1.82, 2.24) is 20.0 Å². The van der Waals surface area contributed by atoms with Gasteiger partial charge in [-0.05, 0) is 33.1 Å². The summed E-state index contributed by atoms with van der Waals surface area (Å²) in [7, 11) is 0. The van der Waals surface area contributed by atoms with E-state index in [-0.39, 0.29) is 11.5 Å². The lowest BCUT2D eigenvalue weighted by molar-refractivity contribution is -0.135. The first-order valence-corrected chi connectivity index (χ1v) is 11.6. The normalized spacial score (nSPS) is 33.4. The van der Waals surface area contributed by atoms with E-state index in [1.807, 2.05) is 4.90 Å². The topological polar surface area (TPSA) is 60.4 Å². The van der Waals surface area contributed by atoms with Gasteiger partial charge in [0.05, 0.1) is 12.1 Å². The molecule has 4 aliphatic rings. The van der Waals surface area contributed by atoms with Gasteiger partial charge in [-0.2, -0.15) is 0 Å². The standard InChI is InChI=1S/C22H39N5O2/c1-5-23-21(24-18-17-8-15-29-19(17)22(18,3)4)27-13-11-25(12-14-27)16(2)20(28)26-9-6-7-10-26/h16-19H,5-15H2,1-4H3,(H,23,24). The van der Waals surface area contributed by atoms with Crippen LogP contribution in [0.25, 0.3) is 0 Å². The van der Waals surface area contributed by atoms with Gasteiger partial charge < -0.3 is 19.9 Å². The summed E-state index contributed by atoms with van der Waals surface area (Å²) in [4.78, 5) is 24.3. The molecule has 4 atom stereocenters. The average Bonchev–Trinajstić information content (AvgIpc) is 3.41. The highest BCUT2D eigenvalue weighted by atomic mass is 16.5. The minimum absolute atomic E-state index is 0.0169. The van der Waals surface area contributed by atoms with Crippen LogP contribution in [0.1, 0.15) is 47.0 Å². The maximum absolute atomic E-state index is 12.8. The predicted molar refractivity (Wildman–Crippen MR) is 115 cm³/mol. The van der Waals surface area contributed by atoms with Gasteiger partial charge in [0, 0.05) is 69.8 Å². The van der Waals surface area contributed by atoms with Gasteiger partial charge in [0.15, 0.2) is 5.96 Å². The summed E-state index contributed by atoms with van der Waals surface area (Å²) in [5.74, 6) is 1.94. The summed E-state index contributed by atoms with van der Waals surface area (Å²) in [5, 5.41) is 3.80. The molecule has 7 heteroatoms. The Bertz CT molecular complexity index is 623. The van der Waals surface area contributed by atoms with Crippen LogP contribution in [0.3, 0.4) is 0 Å². The molecule has 3 saturated heterocycles. The Morgan fingerprint density at radius 1 is 1.14 bits per heavy atom. The number of likely N-dealkylation sites (tertiary alicyclic amines) is 1. The van der Waals surface area contributed by atoms with E-state index in [0.29, 0.717) is 24.0 Å². The van der Waals surface area contributed by atoms with Crippen LogP contribution >= 0.6 is 0 Å². The third kappa shape index (κ3) is 3.88. The largest absolute Gasteiger partial charge is 0.377 e. The first kappa shape index (κ1) is 20.9. The number of guanidine groups is 1. The first-order chi connectivity index (χ1) is 13.9. The van der Waals surface area contributed by atoms with Gasteiger partial charge in [-0.25, -0.2) is 0 Å². The zero-order valence-electron chi connectivity index (χ0n) is 18.7. The molecule has 1 aliphatic carbocycles. The maximum atomic E-state index is 12.8. The number of fused-ring (bicyclic) bond motifs is 1. The summed E-state index contributed by atoms with van der Waals surface area (Å²) in [6.45, 7) is 16.0. The zero-order chi connectivity index (χ0) is 20.6. The molecule has 0 bridgehead atoms. The number of carbonyl (C=O) groups excluding carboxylic acids is 1. The number of nitrogens with one attached hydrogen (secondary N) is 1. The molecule has 3 heterocycles. The highest BCUT2D eigenvalue weighted by Gasteiger charge is 2.59. The number of aliphatic imine (C=N–C) groups is 1. The second-order valence-corrected chi connectivity index (χ2v) is 9.72. The third-order valence-corrected chi connectivity index (χ3v) is 7.63. The van der Waals surface area contributed by atoms with Crippen LogP contribution in [-0.4, -0.2) is 97.2 Å². The summed E-state index contributed by atoms with van der Waals surface area (Å²) < 4.78 is 5.95. The van der Waals surface area contributed by atoms with Gasteiger partial charge >= 0.3 is 0 Å². The Morgan fingerprint density at radius 3 is 2.48 bits per heavy atom. The lowest BCUT2D eigenvalue weighted by Crippen LogP contribution is -2.69. The summed E-state index contributed by atoms with van der Waals surface area (Å²) in [6.07, 6.45) is 3.84. The monoisotopic (exact) mass is 405 g/mol. The molecule has 0 radical (unpaired) electrons. The number of ether oxygens (including phenoxy) is 1. The number of nitrogens with zero attached hydrogens (tertiary/aromatic N) is 4. The molecule has 4 fully saturated rings. The number of hydrogen-bond donors (Lipinski definition) is 1. The second kappa shape index (κ2) is 8.42. The molecule has 29 heavy (non-hydrogen) atoms. The van der Waals surface area contributed by atoms with Gasteiger partial charge in [0.1, 0.15) is 0 Å². The number of piperazine rings is 1. The fourth-order valence-electron chi connectivity index (χ4n) is 5.82. The third-order valence-electron chi connectivity index (χ3n) is 7.63. The Hall–Kier alpha value is -1.34. The molecule has 0 aromatic carbocycles. The number of hydrogen-bond acceptors (Lipinski definition) is 4. The quantitative estimate of drug-likeness (QED) is 0.566. The molecule has 1 N–H and O–H groups in total. The highest BCUT2D eigenvalue weighted by Crippen LogP contribution is 2.52. The van der Waals surface area contributed by atoms with Crippen LogP contribution < -0.4 is 5.32 Å². The van der Waals surface area contributed by atoms with Crippen molar-refractivity contribution in [3.8, 4) is 0 Å². The van der Waals surface area contributed by atoms with Crippen molar-refractivity contribution < 1.29 is 9.53 Å². The van der Waals surface area contributed by atoms with Crippen molar-refractivity contribution in [2.45, 2.75) is 65.1 Å². The number of carbonyl (C=O) groups is 1. The predicted octanol–water partition coefficient (Wildman–Crippen LogP) is 1.39. The Kier molecular flexibility index (Phi) is 6.07. The molecule has 164 valence electrons. The van der Waals surface area contributed by atoms with Crippen LogP contribution in [0.2, 0.25) is 0 Å². The van der Waals surface area contributed by atoms with Crippen LogP contribution in [-0.2, 0) is 9.53 Å². The minimum Gasteiger partial charge on any atom is -0.377 e. The number of amides is 1. The van der Waals surface area contributed by atoms with E-state index >= 15 is 0 Å². The van der Waals surface area contributed by atoms with E-state index in [1.54, 1.807) is 0 Å². The maximum Gasteiger partial charge on any atom is 0.239 e. The van der Waals surface area contributed by atoms with E-state index in [2.05, 4.69) is 42.8 Å². The van der Waals surface area contributed by atoms with Gasteiger partial charge in [0.25, 0.3) is 0 Å². The smallest absolute Gasteiger partial charge is 0.239 e. The minimum atomic E-state index is -0.0169. The fourth-order valence-corrected chi connectivity index (χ4v) is 5.82. The van der Waals surface area contributed by atoms with Crippen molar-refractivity contribution in [2.24, 2.45) is 16.3 Å². The molecular formula is C22H39N5O2. The SMILES string of the molecule is CCN=C(NC1C2CCOC2C1(C)C)N1CCN(C(C)C(=O)N2CCCC2)CC1. The number of rotatable bonds is 4. The van der Waals surface area contributed by atoms with Gasteiger partial charge in [-0.15, -0.1) is 0 Å². The van der Waals surface area contributed by atoms with Crippen molar-refractivity contribution in [2.75, 3.05) is 52.4 Å². The Balaban J connectivity index is 1.33. The van der Waals surface area contributed by atoms with E-state index < -0.39 is 0 Å². The van der Waals surface area contributed by atoms with Crippen LogP contribution in [0.5, 0.6) is 0 Å². The van der Waals surface area contributed by atoms with Gasteiger partial charge in [-0.1, -0.05) is 13.8 Å². The molecule has 0 spiro atoms. The van der Waals surface area contributed by atoms with E-state index in [4.69, 9.17) is 9.73 Å². The van der Waals surface area contributed by atoms with Crippen LogP contribution in [0.4, 0.5) is 0 Å². The molecule has 1 amide bonds. The second-order valence-electron chi connectivity index (χ2n) is 9.72. The Labute approximate surface area is 175 Å². The molecule has 0 aromatic rings. The molecule has 1 saturated carbocycles. The highest BCUT2D eigenvalue weighted by molar-refractivity contribution is 5.82.